The average molecular weight is 248 g/mol. The number of hydrogen-bond donors (Lipinski definition) is 0. The number of benzene rings is 1. The highest BCUT2D eigenvalue weighted by Crippen LogP contribution is 2.16. The summed E-state index contributed by atoms with van der Waals surface area (Å²) in [6.07, 6.45) is 1.27. The van der Waals surface area contributed by atoms with Crippen LogP contribution in [0.15, 0.2) is 24.3 Å². The molecule has 1 heterocycles. The molecule has 1 fully saturated rings. The molecule has 1 aromatic rings. The predicted octanol–water partition coefficient (Wildman–Crippen LogP) is 3.55. The Labute approximate surface area is 113 Å². The lowest BCUT2D eigenvalue weighted by Gasteiger charge is -2.36. The monoisotopic (exact) mass is 248 g/mol. The third-order valence-electron chi connectivity index (χ3n) is 3.31. The van der Waals surface area contributed by atoms with E-state index in [0.29, 0.717) is 0 Å². The molecule has 0 aromatic heterocycles. The predicted molar refractivity (Wildman–Crippen MR) is 81.5 cm³/mol. The van der Waals surface area contributed by atoms with Crippen molar-refractivity contribution in [2.75, 3.05) is 37.6 Å². The SMILES string of the molecule is CC.CCCN1CCN(c2ccc(C)cc2)CC1. The summed E-state index contributed by atoms with van der Waals surface area (Å²) < 4.78 is 0. The van der Waals surface area contributed by atoms with Crippen molar-refractivity contribution in [3.8, 4) is 0 Å². The van der Waals surface area contributed by atoms with Gasteiger partial charge in [0, 0.05) is 31.9 Å². The summed E-state index contributed by atoms with van der Waals surface area (Å²) >= 11 is 0. The molecule has 0 N–H and O–H groups in total. The zero-order valence-corrected chi connectivity index (χ0v) is 12.4. The van der Waals surface area contributed by atoms with Crippen LogP contribution in [0.3, 0.4) is 0 Å². The van der Waals surface area contributed by atoms with Gasteiger partial charge in [-0.2, -0.15) is 0 Å². The van der Waals surface area contributed by atoms with Crippen LogP contribution in [0.25, 0.3) is 0 Å². The summed E-state index contributed by atoms with van der Waals surface area (Å²) in [5, 5.41) is 0. The highest BCUT2D eigenvalue weighted by Gasteiger charge is 2.15. The molecule has 2 rings (SSSR count). The minimum Gasteiger partial charge on any atom is -0.369 e. The summed E-state index contributed by atoms with van der Waals surface area (Å²) in [5.41, 5.74) is 2.72. The average Bonchev–Trinajstić information content (AvgIpc) is 2.43. The van der Waals surface area contributed by atoms with E-state index in [2.05, 4.69) is 47.9 Å². The molecule has 0 radical (unpaired) electrons. The smallest absolute Gasteiger partial charge is 0.0367 e. The molecule has 1 aromatic carbocycles. The van der Waals surface area contributed by atoms with E-state index < -0.39 is 0 Å². The fourth-order valence-corrected chi connectivity index (χ4v) is 2.30. The zero-order valence-electron chi connectivity index (χ0n) is 12.4. The van der Waals surface area contributed by atoms with Crippen LogP contribution in [-0.4, -0.2) is 37.6 Å². The van der Waals surface area contributed by atoms with Crippen molar-refractivity contribution in [3.63, 3.8) is 0 Å². The van der Waals surface area contributed by atoms with Gasteiger partial charge in [-0.3, -0.25) is 4.90 Å². The molecule has 2 heteroatoms. The molecule has 0 unspecified atom stereocenters. The lowest BCUT2D eigenvalue weighted by Crippen LogP contribution is -2.46. The van der Waals surface area contributed by atoms with Crippen LogP contribution in [0.1, 0.15) is 32.8 Å². The van der Waals surface area contributed by atoms with Gasteiger partial charge in [-0.1, -0.05) is 38.5 Å². The second-order valence-corrected chi connectivity index (χ2v) is 4.66. The second-order valence-electron chi connectivity index (χ2n) is 4.66. The van der Waals surface area contributed by atoms with Crippen molar-refractivity contribution < 1.29 is 0 Å². The summed E-state index contributed by atoms with van der Waals surface area (Å²) in [6, 6.07) is 8.89. The zero-order chi connectivity index (χ0) is 13.4. The molecule has 0 aliphatic carbocycles. The van der Waals surface area contributed by atoms with Gasteiger partial charge in [0.1, 0.15) is 0 Å². The van der Waals surface area contributed by atoms with E-state index in [-0.39, 0.29) is 0 Å². The Kier molecular flexibility index (Phi) is 6.81. The fourth-order valence-electron chi connectivity index (χ4n) is 2.30. The Bertz CT molecular complexity index is 310. The van der Waals surface area contributed by atoms with Gasteiger partial charge in [-0.05, 0) is 32.0 Å². The number of nitrogens with zero attached hydrogens (tertiary/aromatic N) is 2. The largest absolute Gasteiger partial charge is 0.369 e. The van der Waals surface area contributed by atoms with Crippen molar-refractivity contribution in [2.24, 2.45) is 0 Å². The standard InChI is InChI=1S/C14H22N2.C2H6/c1-3-8-15-9-11-16(12-10-15)14-6-4-13(2)5-7-14;1-2/h4-7H,3,8-12H2,1-2H3;1-2H3. The molecular formula is C16H28N2. The van der Waals surface area contributed by atoms with Gasteiger partial charge in [-0.15, -0.1) is 0 Å². The molecular weight excluding hydrogens is 220 g/mol. The third-order valence-corrected chi connectivity index (χ3v) is 3.31. The van der Waals surface area contributed by atoms with E-state index >= 15 is 0 Å². The van der Waals surface area contributed by atoms with Crippen LogP contribution in [-0.2, 0) is 0 Å². The summed E-state index contributed by atoms with van der Waals surface area (Å²) in [5.74, 6) is 0. The van der Waals surface area contributed by atoms with E-state index in [4.69, 9.17) is 0 Å². The Morgan fingerprint density at radius 2 is 1.50 bits per heavy atom. The Morgan fingerprint density at radius 3 is 2.00 bits per heavy atom. The van der Waals surface area contributed by atoms with Crippen LogP contribution in [0.5, 0.6) is 0 Å². The normalized spacial score (nSPS) is 16.1. The molecule has 2 nitrogen and oxygen atoms in total. The maximum absolute atomic E-state index is 2.56. The first-order chi connectivity index (χ1) is 8.79. The molecule has 1 aliphatic rings. The van der Waals surface area contributed by atoms with Gasteiger partial charge in [0.05, 0.1) is 0 Å². The Morgan fingerprint density at radius 1 is 0.944 bits per heavy atom. The number of anilines is 1. The summed E-state index contributed by atoms with van der Waals surface area (Å²) in [6.45, 7) is 14.4. The number of hydrogen-bond acceptors (Lipinski definition) is 2. The van der Waals surface area contributed by atoms with E-state index in [1.165, 1.54) is 50.4 Å². The van der Waals surface area contributed by atoms with Gasteiger partial charge in [0.15, 0.2) is 0 Å². The van der Waals surface area contributed by atoms with Crippen LogP contribution < -0.4 is 4.90 Å². The number of aryl methyl sites for hydroxylation is 1. The minimum absolute atomic E-state index is 1.17. The first kappa shape index (κ1) is 15.0. The van der Waals surface area contributed by atoms with Crippen molar-refractivity contribution in [2.45, 2.75) is 34.1 Å². The fraction of sp³-hybridized carbons (Fsp3) is 0.625. The maximum atomic E-state index is 2.56. The number of piperazine rings is 1. The second kappa shape index (κ2) is 8.15. The van der Waals surface area contributed by atoms with Gasteiger partial charge in [-0.25, -0.2) is 0 Å². The Balaban J connectivity index is 0.000000771. The molecule has 1 saturated heterocycles. The highest BCUT2D eigenvalue weighted by molar-refractivity contribution is 5.47. The van der Waals surface area contributed by atoms with E-state index in [0.717, 1.165) is 0 Å². The van der Waals surface area contributed by atoms with E-state index in [1.807, 2.05) is 13.8 Å². The van der Waals surface area contributed by atoms with Gasteiger partial charge < -0.3 is 4.90 Å². The lowest BCUT2D eigenvalue weighted by molar-refractivity contribution is 0.258. The van der Waals surface area contributed by atoms with Crippen molar-refractivity contribution >= 4 is 5.69 Å². The Hall–Kier alpha value is -1.02. The van der Waals surface area contributed by atoms with Crippen LogP contribution in [0.4, 0.5) is 5.69 Å². The summed E-state index contributed by atoms with van der Waals surface area (Å²) in [4.78, 5) is 5.05. The first-order valence-corrected chi connectivity index (χ1v) is 7.33. The van der Waals surface area contributed by atoms with E-state index in [9.17, 15) is 0 Å². The first-order valence-electron chi connectivity index (χ1n) is 7.33. The molecule has 0 amide bonds. The van der Waals surface area contributed by atoms with Crippen molar-refractivity contribution in [1.82, 2.24) is 4.90 Å². The third kappa shape index (κ3) is 4.34. The molecule has 0 atom stereocenters. The van der Waals surface area contributed by atoms with Crippen molar-refractivity contribution in [1.29, 1.82) is 0 Å². The quantitative estimate of drug-likeness (QED) is 0.807. The lowest BCUT2D eigenvalue weighted by atomic mass is 10.2. The number of rotatable bonds is 3. The maximum Gasteiger partial charge on any atom is 0.0367 e. The van der Waals surface area contributed by atoms with Gasteiger partial charge in [0.2, 0.25) is 0 Å². The van der Waals surface area contributed by atoms with Crippen LogP contribution >= 0.6 is 0 Å². The van der Waals surface area contributed by atoms with Crippen LogP contribution in [0, 0.1) is 6.92 Å². The van der Waals surface area contributed by atoms with Gasteiger partial charge >= 0.3 is 0 Å². The summed E-state index contributed by atoms with van der Waals surface area (Å²) in [7, 11) is 0. The molecule has 102 valence electrons. The minimum atomic E-state index is 1.17. The molecule has 0 saturated carbocycles. The van der Waals surface area contributed by atoms with Gasteiger partial charge in [0.25, 0.3) is 0 Å². The topological polar surface area (TPSA) is 6.48 Å². The van der Waals surface area contributed by atoms with Crippen molar-refractivity contribution in [3.05, 3.63) is 29.8 Å². The molecule has 1 aliphatic heterocycles. The van der Waals surface area contributed by atoms with E-state index in [1.54, 1.807) is 0 Å². The molecule has 0 spiro atoms. The molecule has 0 bridgehead atoms. The highest BCUT2D eigenvalue weighted by atomic mass is 15.3. The van der Waals surface area contributed by atoms with Crippen LogP contribution in [0.2, 0.25) is 0 Å². The molecule has 18 heavy (non-hydrogen) atoms.